The fourth-order valence-corrected chi connectivity index (χ4v) is 5.99. The summed E-state index contributed by atoms with van der Waals surface area (Å²) in [5, 5.41) is 23.4. The Balaban J connectivity index is 1.41. The van der Waals surface area contributed by atoms with Crippen molar-refractivity contribution in [2.75, 3.05) is 13.1 Å². The van der Waals surface area contributed by atoms with E-state index in [1.165, 1.54) is 6.42 Å². The third-order valence-corrected chi connectivity index (χ3v) is 6.37. The van der Waals surface area contributed by atoms with Crippen LogP contribution in [0.25, 0.3) is 0 Å². The van der Waals surface area contributed by atoms with Crippen molar-refractivity contribution in [3.8, 4) is 6.07 Å². The van der Waals surface area contributed by atoms with Gasteiger partial charge in [-0.3, -0.25) is 4.79 Å². The molecular formula is C17H25N3O2. The second-order valence-corrected chi connectivity index (χ2v) is 8.19. The largest absolute Gasteiger partial charge is 0.390 e. The van der Waals surface area contributed by atoms with Gasteiger partial charge in [0.05, 0.1) is 18.2 Å². The molecule has 22 heavy (non-hydrogen) atoms. The Morgan fingerprint density at radius 2 is 2.05 bits per heavy atom. The van der Waals surface area contributed by atoms with Crippen LogP contribution in [0, 0.1) is 23.2 Å². The number of aliphatic hydroxyl groups is 1. The molecule has 5 nitrogen and oxygen atoms in total. The van der Waals surface area contributed by atoms with E-state index in [-0.39, 0.29) is 17.5 Å². The van der Waals surface area contributed by atoms with Crippen molar-refractivity contribution in [3.05, 3.63) is 0 Å². The van der Waals surface area contributed by atoms with Crippen molar-refractivity contribution < 1.29 is 9.90 Å². The Bertz CT molecular complexity index is 512. The van der Waals surface area contributed by atoms with Gasteiger partial charge in [0.2, 0.25) is 5.91 Å². The summed E-state index contributed by atoms with van der Waals surface area (Å²) in [5.74, 6) is 1.28. The highest BCUT2D eigenvalue weighted by Gasteiger charge is 2.57. The van der Waals surface area contributed by atoms with E-state index < -0.39 is 5.60 Å². The van der Waals surface area contributed by atoms with Gasteiger partial charge in [-0.1, -0.05) is 0 Å². The van der Waals surface area contributed by atoms with Gasteiger partial charge in [0.25, 0.3) is 0 Å². The predicted octanol–water partition coefficient (Wildman–Crippen LogP) is 1.17. The predicted molar refractivity (Wildman–Crippen MR) is 80.7 cm³/mol. The number of likely N-dealkylation sites (tertiary alicyclic amines) is 1. The molecule has 1 saturated heterocycles. The zero-order valence-electron chi connectivity index (χ0n) is 13.1. The average Bonchev–Trinajstić information content (AvgIpc) is 2.90. The molecule has 5 fully saturated rings. The minimum absolute atomic E-state index is 0.0453. The molecule has 4 saturated carbocycles. The van der Waals surface area contributed by atoms with Crippen molar-refractivity contribution in [3.63, 3.8) is 0 Å². The van der Waals surface area contributed by atoms with E-state index in [1.54, 1.807) is 4.90 Å². The summed E-state index contributed by atoms with van der Waals surface area (Å²) in [6, 6.07) is 1.99. The van der Waals surface area contributed by atoms with Crippen LogP contribution in [0.15, 0.2) is 0 Å². The number of rotatable bonds is 3. The molecule has 4 bridgehead atoms. The molecule has 0 aromatic carbocycles. The average molecular weight is 303 g/mol. The van der Waals surface area contributed by atoms with Crippen molar-refractivity contribution >= 4 is 5.91 Å². The third-order valence-electron chi connectivity index (χ3n) is 6.37. The van der Waals surface area contributed by atoms with Gasteiger partial charge in [0.1, 0.15) is 6.04 Å². The van der Waals surface area contributed by atoms with Crippen LogP contribution in [0.3, 0.4) is 0 Å². The van der Waals surface area contributed by atoms with E-state index >= 15 is 0 Å². The SMILES string of the molecule is N#C[C@@H]1CCCN1C(=O)CN[C@@]12C[C@@H]3C[C@@H](CC(O)(C3)C1)C2. The fourth-order valence-electron chi connectivity index (χ4n) is 5.99. The number of hydrogen-bond donors (Lipinski definition) is 2. The monoisotopic (exact) mass is 303 g/mol. The zero-order valence-corrected chi connectivity index (χ0v) is 13.1. The lowest BCUT2D eigenvalue weighted by Crippen LogP contribution is -2.65. The Hall–Kier alpha value is -1.12. The molecule has 5 rings (SSSR count). The highest BCUT2D eigenvalue weighted by molar-refractivity contribution is 5.79. The van der Waals surface area contributed by atoms with Gasteiger partial charge in [-0.25, -0.2) is 0 Å². The van der Waals surface area contributed by atoms with Gasteiger partial charge in [-0.05, 0) is 63.2 Å². The topological polar surface area (TPSA) is 76.4 Å². The van der Waals surface area contributed by atoms with Crippen LogP contribution in [0.2, 0.25) is 0 Å². The highest BCUT2D eigenvalue weighted by atomic mass is 16.3. The van der Waals surface area contributed by atoms with Gasteiger partial charge in [0.15, 0.2) is 0 Å². The van der Waals surface area contributed by atoms with Crippen LogP contribution in [0.4, 0.5) is 0 Å². The molecule has 1 unspecified atom stereocenters. The summed E-state index contributed by atoms with van der Waals surface area (Å²) in [6.07, 6.45) is 7.87. The number of carbonyl (C=O) groups is 1. The standard InChI is InChI=1S/C17H25N3O2/c18-9-14-2-1-3-20(14)15(21)10-19-16-5-12-4-13(6-16)8-17(22,7-12)11-16/h12-14,19,22H,1-8,10-11H2/t12-,13+,14-,16+,17?/m0/s1. The van der Waals surface area contributed by atoms with Gasteiger partial charge in [0, 0.05) is 12.1 Å². The lowest BCUT2D eigenvalue weighted by atomic mass is 9.51. The highest BCUT2D eigenvalue weighted by Crippen LogP contribution is 2.57. The van der Waals surface area contributed by atoms with Crippen molar-refractivity contribution in [1.82, 2.24) is 10.2 Å². The van der Waals surface area contributed by atoms with Crippen molar-refractivity contribution in [2.45, 2.75) is 68.5 Å². The summed E-state index contributed by atoms with van der Waals surface area (Å²) in [4.78, 5) is 14.2. The molecule has 1 aliphatic heterocycles. The van der Waals surface area contributed by atoms with Crippen LogP contribution < -0.4 is 5.32 Å². The van der Waals surface area contributed by atoms with E-state index in [0.717, 1.165) is 44.9 Å². The number of carbonyl (C=O) groups excluding carboxylic acids is 1. The lowest BCUT2D eigenvalue weighted by Gasteiger charge is -2.60. The minimum atomic E-state index is -0.497. The summed E-state index contributed by atoms with van der Waals surface area (Å²) in [6.45, 7) is 1.02. The molecule has 0 radical (unpaired) electrons. The van der Waals surface area contributed by atoms with Gasteiger partial charge < -0.3 is 15.3 Å². The smallest absolute Gasteiger partial charge is 0.237 e. The summed E-state index contributed by atoms with van der Waals surface area (Å²) in [7, 11) is 0. The van der Waals surface area contributed by atoms with Crippen LogP contribution in [-0.2, 0) is 4.79 Å². The van der Waals surface area contributed by atoms with Crippen LogP contribution in [0.5, 0.6) is 0 Å². The number of nitrogens with zero attached hydrogens (tertiary/aromatic N) is 2. The van der Waals surface area contributed by atoms with Gasteiger partial charge in [-0.2, -0.15) is 5.26 Å². The van der Waals surface area contributed by atoms with E-state index in [0.29, 0.717) is 24.9 Å². The van der Waals surface area contributed by atoms with Crippen molar-refractivity contribution in [1.29, 1.82) is 5.26 Å². The Labute approximate surface area is 131 Å². The number of amides is 1. The number of nitriles is 1. The third kappa shape index (κ3) is 2.33. The molecule has 0 spiro atoms. The number of hydrogen-bond acceptors (Lipinski definition) is 4. The number of nitrogens with one attached hydrogen (secondary N) is 1. The van der Waals surface area contributed by atoms with E-state index in [1.807, 2.05) is 0 Å². The Morgan fingerprint density at radius 3 is 2.68 bits per heavy atom. The summed E-state index contributed by atoms with van der Waals surface area (Å²) in [5.41, 5.74) is -0.542. The molecular weight excluding hydrogens is 278 g/mol. The van der Waals surface area contributed by atoms with Gasteiger partial charge in [-0.15, -0.1) is 0 Å². The second kappa shape index (κ2) is 4.94. The summed E-state index contributed by atoms with van der Waals surface area (Å²) >= 11 is 0. The summed E-state index contributed by atoms with van der Waals surface area (Å²) < 4.78 is 0. The molecule has 0 aromatic heterocycles. The fraction of sp³-hybridized carbons (Fsp3) is 0.882. The molecule has 5 heteroatoms. The normalized spacial score (nSPS) is 46.0. The lowest BCUT2D eigenvalue weighted by molar-refractivity contribution is -0.147. The second-order valence-electron chi connectivity index (χ2n) is 8.19. The van der Waals surface area contributed by atoms with E-state index in [4.69, 9.17) is 5.26 Å². The molecule has 5 aliphatic rings. The zero-order chi connectivity index (χ0) is 15.4. The van der Waals surface area contributed by atoms with Gasteiger partial charge >= 0.3 is 0 Å². The first-order valence-electron chi connectivity index (χ1n) is 8.67. The van der Waals surface area contributed by atoms with E-state index in [2.05, 4.69) is 11.4 Å². The molecule has 120 valence electrons. The van der Waals surface area contributed by atoms with E-state index in [9.17, 15) is 9.90 Å². The van der Waals surface area contributed by atoms with Crippen molar-refractivity contribution in [2.24, 2.45) is 11.8 Å². The maximum Gasteiger partial charge on any atom is 0.237 e. The molecule has 4 aliphatic carbocycles. The molecule has 1 heterocycles. The minimum Gasteiger partial charge on any atom is -0.390 e. The molecule has 0 aromatic rings. The molecule has 2 N–H and O–H groups in total. The van der Waals surface area contributed by atoms with Crippen LogP contribution in [0.1, 0.15) is 51.4 Å². The first-order valence-corrected chi connectivity index (χ1v) is 8.67. The Kier molecular flexibility index (Phi) is 3.25. The molecule has 1 amide bonds. The maximum absolute atomic E-state index is 12.4. The maximum atomic E-state index is 12.4. The molecule has 5 atom stereocenters. The van der Waals surface area contributed by atoms with Crippen LogP contribution in [-0.4, -0.2) is 46.2 Å². The quantitative estimate of drug-likeness (QED) is 0.821. The Morgan fingerprint density at radius 1 is 1.32 bits per heavy atom. The first-order chi connectivity index (χ1) is 10.5. The van der Waals surface area contributed by atoms with Crippen LogP contribution >= 0.6 is 0 Å². The first kappa shape index (κ1) is 14.5.